The van der Waals surface area contributed by atoms with Crippen molar-refractivity contribution in [3.05, 3.63) is 11.6 Å². The molecule has 0 aliphatic rings. The molecular weight excluding hydrogens is 180 g/mol. The van der Waals surface area contributed by atoms with Gasteiger partial charge in [-0.25, -0.2) is 0 Å². The summed E-state index contributed by atoms with van der Waals surface area (Å²) in [6, 6.07) is 0. The number of hydrogen-bond acceptors (Lipinski definition) is 3. The molecule has 14 heavy (non-hydrogen) atoms. The highest BCUT2D eigenvalue weighted by molar-refractivity contribution is 5.91. The molecule has 0 aromatic carbocycles. The Hall–Kier alpha value is -0.870. The van der Waals surface area contributed by atoms with E-state index in [1.807, 2.05) is 13.8 Å². The number of nitrogens with two attached hydrogens (primary N) is 1. The smallest absolute Gasteiger partial charge is 0.244 e. The zero-order valence-electron chi connectivity index (χ0n) is 9.16. The second-order valence-corrected chi connectivity index (χ2v) is 3.27. The van der Waals surface area contributed by atoms with Crippen molar-refractivity contribution in [1.29, 1.82) is 0 Å². The van der Waals surface area contributed by atoms with Crippen molar-refractivity contribution in [3.63, 3.8) is 0 Å². The Morgan fingerprint density at radius 2 is 2.00 bits per heavy atom. The Kier molecular flexibility index (Phi) is 6.16. The first-order valence-electron chi connectivity index (χ1n) is 4.89. The summed E-state index contributed by atoms with van der Waals surface area (Å²) < 4.78 is 0. The quantitative estimate of drug-likeness (QED) is 0.598. The van der Waals surface area contributed by atoms with Crippen molar-refractivity contribution in [1.82, 2.24) is 4.90 Å². The van der Waals surface area contributed by atoms with Crippen LogP contribution in [0.1, 0.15) is 20.8 Å². The number of carbonyl (C=O) groups is 1. The van der Waals surface area contributed by atoms with Crippen LogP contribution in [0.3, 0.4) is 0 Å². The predicted molar refractivity (Wildman–Crippen MR) is 56.7 cm³/mol. The van der Waals surface area contributed by atoms with Crippen molar-refractivity contribution in [2.75, 3.05) is 19.6 Å². The maximum Gasteiger partial charge on any atom is 0.244 e. The van der Waals surface area contributed by atoms with Gasteiger partial charge in [0.05, 0.1) is 6.10 Å². The van der Waals surface area contributed by atoms with Gasteiger partial charge in [0, 0.05) is 12.1 Å². The Morgan fingerprint density at radius 3 is 2.36 bits per heavy atom. The van der Waals surface area contributed by atoms with Crippen molar-refractivity contribution in [3.8, 4) is 0 Å². The normalized spacial score (nSPS) is 14.5. The van der Waals surface area contributed by atoms with E-state index < -0.39 is 12.0 Å². The van der Waals surface area contributed by atoms with Gasteiger partial charge in [-0.05, 0) is 26.1 Å². The third-order valence-electron chi connectivity index (χ3n) is 2.17. The van der Waals surface area contributed by atoms with E-state index in [1.54, 1.807) is 6.92 Å². The maximum absolute atomic E-state index is 10.7. The minimum absolute atomic E-state index is 0.407. The lowest BCUT2D eigenvalue weighted by Crippen LogP contribution is -2.31. The van der Waals surface area contributed by atoms with Crippen LogP contribution in [0.5, 0.6) is 0 Å². The number of amides is 1. The first-order chi connectivity index (χ1) is 6.51. The third kappa shape index (κ3) is 4.99. The fourth-order valence-corrected chi connectivity index (χ4v) is 1.17. The summed E-state index contributed by atoms with van der Waals surface area (Å²) in [4.78, 5) is 12.8. The van der Waals surface area contributed by atoms with Crippen LogP contribution in [0, 0.1) is 0 Å². The molecule has 0 fully saturated rings. The van der Waals surface area contributed by atoms with E-state index in [0.717, 1.165) is 13.1 Å². The van der Waals surface area contributed by atoms with Crippen molar-refractivity contribution in [2.45, 2.75) is 26.9 Å². The van der Waals surface area contributed by atoms with Crippen LogP contribution in [-0.2, 0) is 4.79 Å². The highest BCUT2D eigenvalue weighted by atomic mass is 16.3. The Morgan fingerprint density at radius 1 is 1.50 bits per heavy atom. The van der Waals surface area contributed by atoms with E-state index in [1.165, 1.54) is 6.08 Å². The average Bonchev–Trinajstić information content (AvgIpc) is 2.13. The number of primary amides is 1. The summed E-state index contributed by atoms with van der Waals surface area (Å²) in [6.45, 7) is 7.97. The van der Waals surface area contributed by atoms with E-state index in [0.29, 0.717) is 12.1 Å². The van der Waals surface area contributed by atoms with Gasteiger partial charge in [0.15, 0.2) is 0 Å². The molecule has 0 spiro atoms. The van der Waals surface area contributed by atoms with Crippen LogP contribution < -0.4 is 5.73 Å². The number of aliphatic hydroxyl groups is 1. The Balaban J connectivity index is 4.14. The number of rotatable bonds is 6. The molecule has 3 N–H and O–H groups in total. The van der Waals surface area contributed by atoms with Gasteiger partial charge in [0.1, 0.15) is 0 Å². The summed E-state index contributed by atoms with van der Waals surface area (Å²) in [5.41, 5.74) is 5.46. The molecule has 82 valence electrons. The third-order valence-corrected chi connectivity index (χ3v) is 2.17. The molecule has 4 nitrogen and oxygen atoms in total. The zero-order valence-corrected chi connectivity index (χ0v) is 9.16. The molecule has 0 aromatic rings. The first kappa shape index (κ1) is 13.1. The van der Waals surface area contributed by atoms with E-state index >= 15 is 0 Å². The maximum atomic E-state index is 10.7. The summed E-state index contributed by atoms with van der Waals surface area (Å²) in [6.07, 6.45) is 0.878. The standard InChI is InChI=1S/C10H20N2O2/c1-4-12(5-2)7-9(13)6-8(3)10(11)14/h6,9,13H,4-5,7H2,1-3H3,(H2,11,14)/b8-6+. The lowest BCUT2D eigenvalue weighted by molar-refractivity contribution is -0.114. The van der Waals surface area contributed by atoms with Gasteiger partial charge >= 0.3 is 0 Å². The molecule has 0 bridgehead atoms. The molecule has 0 saturated heterocycles. The number of likely N-dealkylation sites (N-methyl/N-ethyl adjacent to an activating group) is 1. The summed E-state index contributed by atoms with van der Waals surface area (Å²) >= 11 is 0. The summed E-state index contributed by atoms with van der Waals surface area (Å²) in [5, 5.41) is 9.58. The second-order valence-electron chi connectivity index (χ2n) is 3.27. The minimum Gasteiger partial charge on any atom is -0.388 e. The van der Waals surface area contributed by atoms with Gasteiger partial charge in [-0.1, -0.05) is 13.8 Å². The summed E-state index contributed by atoms with van der Waals surface area (Å²) in [5.74, 6) is -0.483. The van der Waals surface area contributed by atoms with Crippen molar-refractivity contribution < 1.29 is 9.90 Å². The highest BCUT2D eigenvalue weighted by Gasteiger charge is 2.07. The highest BCUT2D eigenvalue weighted by Crippen LogP contribution is 1.98. The van der Waals surface area contributed by atoms with E-state index in [-0.39, 0.29) is 0 Å². The topological polar surface area (TPSA) is 66.6 Å². The number of nitrogens with zero attached hydrogens (tertiary/aromatic N) is 1. The molecule has 1 amide bonds. The fourth-order valence-electron chi connectivity index (χ4n) is 1.17. The van der Waals surface area contributed by atoms with Crippen LogP contribution in [0.4, 0.5) is 0 Å². The molecule has 4 heteroatoms. The van der Waals surface area contributed by atoms with Crippen molar-refractivity contribution in [2.24, 2.45) is 5.73 Å². The van der Waals surface area contributed by atoms with Gasteiger partial charge < -0.3 is 15.7 Å². The number of hydrogen-bond donors (Lipinski definition) is 2. The van der Waals surface area contributed by atoms with Crippen LogP contribution in [0.25, 0.3) is 0 Å². The van der Waals surface area contributed by atoms with Crippen LogP contribution in [-0.4, -0.2) is 41.7 Å². The average molecular weight is 200 g/mol. The second kappa shape index (κ2) is 6.56. The van der Waals surface area contributed by atoms with Gasteiger partial charge in [0.25, 0.3) is 0 Å². The number of aliphatic hydroxyl groups excluding tert-OH is 1. The van der Waals surface area contributed by atoms with Crippen molar-refractivity contribution >= 4 is 5.91 Å². The van der Waals surface area contributed by atoms with Crippen LogP contribution in [0.2, 0.25) is 0 Å². The molecule has 0 aliphatic heterocycles. The van der Waals surface area contributed by atoms with Crippen LogP contribution in [0.15, 0.2) is 11.6 Å². The number of carbonyl (C=O) groups excluding carboxylic acids is 1. The molecule has 1 atom stereocenters. The van der Waals surface area contributed by atoms with Gasteiger partial charge in [-0.3, -0.25) is 4.79 Å². The largest absolute Gasteiger partial charge is 0.388 e. The summed E-state index contributed by atoms with van der Waals surface area (Å²) in [7, 11) is 0. The molecule has 0 aromatic heterocycles. The first-order valence-corrected chi connectivity index (χ1v) is 4.89. The zero-order chi connectivity index (χ0) is 11.1. The Labute approximate surface area is 85.4 Å². The fraction of sp³-hybridized carbons (Fsp3) is 0.700. The molecule has 0 saturated carbocycles. The lowest BCUT2D eigenvalue weighted by atomic mass is 10.2. The Bertz CT molecular complexity index is 210. The molecule has 0 radical (unpaired) electrons. The van der Waals surface area contributed by atoms with Gasteiger partial charge in [-0.2, -0.15) is 0 Å². The monoisotopic (exact) mass is 200 g/mol. The minimum atomic E-state index is -0.623. The van der Waals surface area contributed by atoms with E-state index in [9.17, 15) is 9.90 Å². The SMILES string of the molecule is CCN(CC)CC(O)/C=C(\C)C(N)=O. The van der Waals surface area contributed by atoms with E-state index in [4.69, 9.17) is 5.73 Å². The van der Waals surface area contributed by atoms with E-state index in [2.05, 4.69) is 4.90 Å². The van der Waals surface area contributed by atoms with Gasteiger partial charge in [0.2, 0.25) is 5.91 Å². The molecule has 1 unspecified atom stereocenters. The molecule has 0 aliphatic carbocycles. The van der Waals surface area contributed by atoms with Gasteiger partial charge in [-0.15, -0.1) is 0 Å². The molecule has 0 heterocycles. The predicted octanol–water partition coefficient (Wildman–Crippen LogP) is 0.121. The van der Waals surface area contributed by atoms with Crippen LogP contribution >= 0.6 is 0 Å². The lowest BCUT2D eigenvalue weighted by Gasteiger charge is -2.20. The molecular formula is C10H20N2O2. The molecule has 0 rings (SSSR count).